The zero-order chi connectivity index (χ0) is 45.2. The molecule has 15 nitrogen and oxygen atoms in total. The van der Waals surface area contributed by atoms with Gasteiger partial charge >= 0.3 is 5.97 Å². The normalized spacial score (nSPS) is 13.4. The van der Waals surface area contributed by atoms with Crippen LogP contribution in [0.1, 0.15) is 81.5 Å². The summed E-state index contributed by atoms with van der Waals surface area (Å²) in [7, 11) is -4.76. The molecule has 0 saturated carbocycles. The summed E-state index contributed by atoms with van der Waals surface area (Å²) in [5, 5.41) is 34.3. The second kappa shape index (κ2) is 21.4. The average molecular weight is 891 g/mol. The van der Waals surface area contributed by atoms with E-state index in [1.807, 2.05) is 0 Å². The zero-order valence-electron chi connectivity index (χ0n) is 35.9. The van der Waals surface area contributed by atoms with Gasteiger partial charge in [-0.15, -0.1) is 0 Å². The van der Waals surface area contributed by atoms with Crippen LogP contribution < -0.4 is 4.31 Å². The Balaban J connectivity index is 1.80. The fourth-order valence-electron chi connectivity index (χ4n) is 6.84. The summed E-state index contributed by atoms with van der Waals surface area (Å²) < 4.78 is 41.7. The molecular formula is C42H58ClN4O11SSi. The molecule has 0 aliphatic rings. The molecule has 3 rings (SSSR count). The molecule has 18 heteroatoms. The van der Waals surface area contributed by atoms with Gasteiger partial charge in [0.1, 0.15) is 0 Å². The van der Waals surface area contributed by atoms with Crippen molar-refractivity contribution < 1.29 is 42.1 Å². The molecule has 1 N–H and O–H groups in total. The number of benzene rings is 3. The first-order valence-electron chi connectivity index (χ1n) is 19.8. The van der Waals surface area contributed by atoms with Crippen LogP contribution in [-0.4, -0.2) is 87.6 Å². The van der Waals surface area contributed by atoms with Crippen molar-refractivity contribution >= 4 is 59.6 Å². The number of hydrogen-bond donors (Lipinski definition) is 1. The SMILES string of the molecule is Cc1ccc(CCCCCO[C@@H](C(=O)N(C)CCCCCN(c2ccc(C)c(Cl)c2)S(=O)(=O)c2ccc([N+](=O)[O-])cc2[N+](=O)[O-])[C@@](O[Si](C)C)(C(=O)O)C(C)(C)C)cc1C. The maximum absolute atomic E-state index is 14.3. The zero-order valence-corrected chi connectivity index (χ0v) is 38.5. The number of carbonyl (C=O) groups is 2. The molecule has 329 valence electrons. The lowest BCUT2D eigenvalue weighted by Gasteiger charge is -2.46. The Morgan fingerprint density at radius 2 is 1.48 bits per heavy atom. The van der Waals surface area contributed by atoms with Gasteiger partial charge in [0.15, 0.2) is 16.6 Å². The predicted octanol–water partition coefficient (Wildman–Crippen LogP) is 8.84. The third kappa shape index (κ3) is 12.3. The molecule has 0 aliphatic carbocycles. The van der Waals surface area contributed by atoms with Crippen LogP contribution in [0.5, 0.6) is 0 Å². The molecular weight excluding hydrogens is 832 g/mol. The smallest absolute Gasteiger partial charge is 0.338 e. The molecule has 0 heterocycles. The molecule has 1 radical (unpaired) electrons. The molecule has 1 amide bonds. The number of nitrogens with zero attached hydrogens (tertiary/aromatic N) is 4. The fraction of sp³-hybridized carbons (Fsp3) is 0.524. The van der Waals surface area contributed by atoms with E-state index < -0.39 is 74.2 Å². The number of ether oxygens (including phenoxy) is 1. The number of halogens is 1. The lowest BCUT2D eigenvalue weighted by molar-refractivity contribution is -0.396. The van der Waals surface area contributed by atoms with Gasteiger partial charge in [-0.3, -0.25) is 29.3 Å². The molecule has 3 aromatic carbocycles. The molecule has 0 unspecified atom stereocenters. The van der Waals surface area contributed by atoms with E-state index in [9.17, 15) is 43.3 Å². The maximum atomic E-state index is 14.3. The number of rotatable bonds is 23. The van der Waals surface area contributed by atoms with Gasteiger partial charge in [0.05, 0.1) is 21.6 Å². The second-order valence-electron chi connectivity index (χ2n) is 16.3. The van der Waals surface area contributed by atoms with Gasteiger partial charge in [-0.05, 0) is 113 Å². The molecule has 3 aromatic rings. The van der Waals surface area contributed by atoms with E-state index in [1.165, 1.54) is 33.7 Å². The van der Waals surface area contributed by atoms with Crippen molar-refractivity contribution in [1.82, 2.24) is 4.90 Å². The third-order valence-corrected chi connectivity index (χ3v) is 13.5. The first kappa shape index (κ1) is 49.9. The van der Waals surface area contributed by atoms with Crippen LogP contribution >= 0.6 is 11.6 Å². The van der Waals surface area contributed by atoms with Crippen LogP contribution in [-0.2, 0) is 35.2 Å². The molecule has 2 atom stereocenters. The van der Waals surface area contributed by atoms with Gasteiger partial charge in [0.25, 0.3) is 27.3 Å². The van der Waals surface area contributed by atoms with E-state index in [0.29, 0.717) is 30.9 Å². The minimum absolute atomic E-state index is 0.135. The topological polar surface area (TPSA) is 200 Å². The van der Waals surface area contributed by atoms with Crippen molar-refractivity contribution in [1.29, 1.82) is 0 Å². The summed E-state index contributed by atoms with van der Waals surface area (Å²) in [5.41, 5.74) is -0.134. The number of carboxylic acid groups (broad SMARTS) is 1. The summed E-state index contributed by atoms with van der Waals surface area (Å²) in [5.74, 6) is -1.86. The highest BCUT2D eigenvalue weighted by Gasteiger charge is 2.60. The van der Waals surface area contributed by atoms with Gasteiger partial charge in [-0.2, -0.15) is 0 Å². The summed E-state index contributed by atoms with van der Waals surface area (Å²) in [6.07, 6.45) is 2.70. The number of non-ortho nitro benzene ring substituents is 1. The molecule has 0 aromatic heterocycles. The molecule has 0 aliphatic heterocycles. The number of sulfonamides is 1. The summed E-state index contributed by atoms with van der Waals surface area (Å²) in [6, 6.07) is 13.3. The van der Waals surface area contributed by atoms with Crippen molar-refractivity contribution in [3.8, 4) is 0 Å². The van der Waals surface area contributed by atoms with Crippen molar-refractivity contribution in [2.24, 2.45) is 5.41 Å². The standard InChI is InChI=1S/C42H58ClN4O11SSi/c1-29-17-19-32(26-31(29)3)16-12-10-15-25-57-38(42(40(49)50,41(4,5)6)58-60(8)9)39(48)44(7)23-13-11-14-24-45(33-20-18-30(2)35(43)27-33)59(55,56)37-22-21-34(46(51)52)28-36(37)47(53)54/h17-22,26-28,38H,10-16,23-25H2,1-9H3,(H,49,50)/t38-,42+/m0/s1. The largest absolute Gasteiger partial charge is 0.479 e. The number of aryl methyl sites for hydroxylation is 4. The van der Waals surface area contributed by atoms with Gasteiger partial charge in [-0.1, -0.05) is 63.1 Å². The van der Waals surface area contributed by atoms with E-state index in [0.717, 1.165) is 35.7 Å². The first-order chi connectivity index (χ1) is 27.9. The first-order valence-corrected chi connectivity index (χ1v) is 24.0. The van der Waals surface area contributed by atoms with Crippen LogP contribution in [0.3, 0.4) is 0 Å². The Labute approximate surface area is 360 Å². The van der Waals surface area contributed by atoms with Crippen LogP contribution in [0.2, 0.25) is 18.1 Å². The van der Waals surface area contributed by atoms with Gasteiger partial charge in [-0.25, -0.2) is 13.2 Å². The molecule has 0 spiro atoms. The van der Waals surface area contributed by atoms with E-state index in [1.54, 1.807) is 53.9 Å². The Bertz CT molecular complexity index is 2130. The quantitative estimate of drug-likeness (QED) is 0.0413. The lowest BCUT2D eigenvalue weighted by Crippen LogP contribution is -2.66. The fourth-order valence-corrected chi connectivity index (χ4v) is 9.80. The van der Waals surface area contributed by atoms with E-state index >= 15 is 0 Å². The summed E-state index contributed by atoms with van der Waals surface area (Å²) in [6.45, 7) is 14.8. The monoisotopic (exact) mass is 889 g/mol. The molecule has 0 saturated heterocycles. The maximum Gasteiger partial charge on any atom is 0.338 e. The third-order valence-electron chi connectivity index (χ3n) is 10.4. The number of amides is 1. The number of aliphatic carboxylic acids is 1. The van der Waals surface area contributed by atoms with Gasteiger partial charge < -0.3 is 19.2 Å². The van der Waals surface area contributed by atoms with Gasteiger partial charge in [0.2, 0.25) is 9.04 Å². The van der Waals surface area contributed by atoms with Crippen molar-refractivity contribution in [2.75, 3.05) is 31.0 Å². The Kier molecular flexibility index (Phi) is 17.8. The average Bonchev–Trinajstić information content (AvgIpc) is 3.16. The Hall–Kier alpha value is -4.42. The summed E-state index contributed by atoms with van der Waals surface area (Å²) in [4.78, 5) is 49.7. The van der Waals surface area contributed by atoms with Crippen LogP contribution in [0, 0.1) is 46.4 Å². The minimum atomic E-state index is -4.65. The van der Waals surface area contributed by atoms with Crippen molar-refractivity contribution in [2.45, 2.75) is 116 Å². The highest BCUT2D eigenvalue weighted by atomic mass is 35.5. The summed E-state index contributed by atoms with van der Waals surface area (Å²) >= 11 is 6.36. The number of carbonyl (C=O) groups excluding carboxylic acids is 1. The van der Waals surface area contributed by atoms with E-state index in [4.69, 9.17) is 20.8 Å². The van der Waals surface area contributed by atoms with Crippen molar-refractivity contribution in [3.05, 3.63) is 102 Å². The number of nitro benzene ring substituents is 2. The van der Waals surface area contributed by atoms with E-state index in [-0.39, 0.29) is 36.8 Å². The minimum Gasteiger partial charge on any atom is -0.479 e. The predicted molar refractivity (Wildman–Crippen MR) is 234 cm³/mol. The van der Waals surface area contributed by atoms with Crippen LogP contribution in [0.25, 0.3) is 0 Å². The Morgan fingerprint density at radius 3 is 2.05 bits per heavy atom. The van der Waals surface area contributed by atoms with Crippen LogP contribution in [0.15, 0.2) is 59.5 Å². The number of hydrogen-bond acceptors (Lipinski definition) is 10. The number of anilines is 1. The highest BCUT2D eigenvalue weighted by Crippen LogP contribution is 2.40. The van der Waals surface area contributed by atoms with Crippen LogP contribution in [0.4, 0.5) is 17.1 Å². The molecule has 60 heavy (non-hydrogen) atoms. The number of likely N-dealkylation sites (N-methyl/N-ethyl adjacent to an activating group) is 1. The highest BCUT2D eigenvalue weighted by molar-refractivity contribution is 7.93. The van der Waals surface area contributed by atoms with Crippen molar-refractivity contribution in [3.63, 3.8) is 0 Å². The lowest BCUT2D eigenvalue weighted by atomic mass is 9.72. The molecule has 0 fully saturated rings. The number of nitro groups is 2. The van der Waals surface area contributed by atoms with Gasteiger partial charge in [0, 0.05) is 43.2 Å². The second-order valence-corrected chi connectivity index (χ2v) is 20.5. The number of unbranched alkanes of at least 4 members (excludes halogenated alkanes) is 4. The molecule has 0 bridgehead atoms. The number of carboxylic acids is 1. The van der Waals surface area contributed by atoms with E-state index in [2.05, 4.69) is 32.0 Å². The Morgan fingerprint density at radius 1 is 0.850 bits per heavy atom.